The minimum Gasteiger partial charge on any atom is -0.384 e. The summed E-state index contributed by atoms with van der Waals surface area (Å²) < 4.78 is 52.5. The van der Waals surface area contributed by atoms with Gasteiger partial charge in [0.15, 0.2) is 19.7 Å². The number of benzene rings is 1. The van der Waals surface area contributed by atoms with Crippen LogP contribution in [0.25, 0.3) is 0 Å². The molecule has 0 radical (unpaired) electrons. The molecule has 1 N–H and O–H groups in total. The van der Waals surface area contributed by atoms with E-state index in [9.17, 15) is 16.8 Å². The monoisotopic (exact) mass is 376 g/mol. The number of nitrogens with one attached hydrogen (secondary N) is 1. The third-order valence-electron chi connectivity index (χ3n) is 3.85. The molecular weight excluding hydrogens is 352 g/mol. The molecule has 1 saturated heterocycles. The first-order chi connectivity index (χ1) is 11.2. The lowest BCUT2D eigenvalue weighted by atomic mass is 10.3. The molecular formula is C15H24N2O5S2. The minimum atomic E-state index is -3.53. The van der Waals surface area contributed by atoms with E-state index >= 15 is 0 Å². The summed E-state index contributed by atoms with van der Waals surface area (Å²) in [5, 5.41) is 3.11. The van der Waals surface area contributed by atoms with Crippen LogP contribution < -0.4 is 5.32 Å². The maximum Gasteiger partial charge on any atom is 0.177 e. The molecule has 0 amide bonds. The standard InChI is InChI=1S/C15H24N2O5S2/c1-23(18,19)13-4-5-14(15(12-13)24(2,20)21)16-6-3-7-17-8-10-22-11-9-17/h4-5,12,16H,3,6-11H2,1-2H3. The normalized spacial score (nSPS) is 16.9. The van der Waals surface area contributed by atoms with Crippen molar-refractivity contribution in [1.82, 2.24) is 4.90 Å². The summed E-state index contributed by atoms with van der Waals surface area (Å²) in [5.74, 6) is 0. The van der Waals surface area contributed by atoms with E-state index in [1.165, 1.54) is 18.2 Å². The number of hydrogen-bond acceptors (Lipinski definition) is 7. The van der Waals surface area contributed by atoms with Crippen molar-refractivity contribution in [3.8, 4) is 0 Å². The maximum absolute atomic E-state index is 12.0. The van der Waals surface area contributed by atoms with E-state index in [4.69, 9.17) is 4.74 Å². The molecule has 9 heteroatoms. The second kappa shape index (κ2) is 7.81. The number of morpholine rings is 1. The molecule has 1 fully saturated rings. The van der Waals surface area contributed by atoms with E-state index in [0.29, 0.717) is 12.2 Å². The summed E-state index contributed by atoms with van der Waals surface area (Å²) in [5.41, 5.74) is 0.437. The summed E-state index contributed by atoms with van der Waals surface area (Å²) in [7, 11) is -6.98. The van der Waals surface area contributed by atoms with Crippen LogP contribution in [-0.4, -0.2) is 73.6 Å². The van der Waals surface area contributed by atoms with Crippen LogP contribution in [0, 0.1) is 0 Å². The molecule has 0 aromatic heterocycles. The van der Waals surface area contributed by atoms with Crippen molar-refractivity contribution in [3.05, 3.63) is 18.2 Å². The topological polar surface area (TPSA) is 92.8 Å². The van der Waals surface area contributed by atoms with Crippen LogP contribution in [-0.2, 0) is 24.4 Å². The molecule has 0 spiro atoms. The highest BCUT2D eigenvalue weighted by molar-refractivity contribution is 7.91. The van der Waals surface area contributed by atoms with Gasteiger partial charge in [0.25, 0.3) is 0 Å². The fraction of sp³-hybridized carbons (Fsp3) is 0.600. The zero-order valence-corrected chi connectivity index (χ0v) is 15.6. The van der Waals surface area contributed by atoms with Crippen molar-refractivity contribution >= 4 is 25.4 Å². The van der Waals surface area contributed by atoms with Crippen molar-refractivity contribution in [2.45, 2.75) is 16.2 Å². The zero-order valence-electron chi connectivity index (χ0n) is 14.0. The van der Waals surface area contributed by atoms with Crippen molar-refractivity contribution in [3.63, 3.8) is 0 Å². The van der Waals surface area contributed by atoms with Gasteiger partial charge in [-0.15, -0.1) is 0 Å². The SMILES string of the molecule is CS(=O)(=O)c1ccc(NCCCN2CCOCC2)c(S(C)(=O)=O)c1. The highest BCUT2D eigenvalue weighted by atomic mass is 32.2. The summed E-state index contributed by atoms with van der Waals surface area (Å²) in [4.78, 5) is 2.31. The number of anilines is 1. The summed E-state index contributed by atoms with van der Waals surface area (Å²) in [6.07, 6.45) is 2.99. The van der Waals surface area contributed by atoms with Crippen LogP contribution in [0.4, 0.5) is 5.69 Å². The van der Waals surface area contributed by atoms with Crippen LogP contribution in [0.3, 0.4) is 0 Å². The van der Waals surface area contributed by atoms with E-state index in [1.54, 1.807) is 0 Å². The van der Waals surface area contributed by atoms with Gasteiger partial charge < -0.3 is 10.1 Å². The first kappa shape index (κ1) is 19.2. The highest BCUT2D eigenvalue weighted by Crippen LogP contribution is 2.25. The van der Waals surface area contributed by atoms with E-state index < -0.39 is 19.7 Å². The van der Waals surface area contributed by atoms with Gasteiger partial charge >= 0.3 is 0 Å². The Kier molecular flexibility index (Phi) is 6.24. The molecule has 136 valence electrons. The molecule has 0 unspecified atom stereocenters. The second-order valence-electron chi connectivity index (χ2n) is 5.94. The molecule has 1 aliphatic rings. The maximum atomic E-state index is 12.0. The molecule has 7 nitrogen and oxygen atoms in total. The summed E-state index contributed by atoms with van der Waals surface area (Å²) in [6.45, 7) is 4.84. The summed E-state index contributed by atoms with van der Waals surface area (Å²) >= 11 is 0. The Balaban J connectivity index is 2.03. The van der Waals surface area contributed by atoms with Gasteiger partial charge in [0.05, 0.1) is 28.7 Å². The lowest BCUT2D eigenvalue weighted by Crippen LogP contribution is -2.37. The highest BCUT2D eigenvalue weighted by Gasteiger charge is 2.18. The largest absolute Gasteiger partial charge is 0.384 e. The van der Waals surface area contributed by atoms with Gasteiger partial charge in [-0.25, -0.2) is 16.8 Å². The first-order valence-electron chi connectivity index (χ1n) is 7.76. The van der Waals surface area contributed by atoms with E-state index in [0.717, 1.165) is 51.8 Å². The predicted molar refractivity (Wildman–Crippen MR) is 93.0 cm³/mol. The summed E-state index contributed by atoms with van der Waals surface area (Å²) in [6, 6.07) is 4.16. The molecule has 1 aliphatic heterocycles. The molecule has 24 heavy (non-hydrogen) atoms. The molecule has 1 aromatic rings. The van der Waals surface area contributed by atoms with Crippen molar-refractivity contribution < 1.29 is 21.6 Å². The van der Waals surface area contributed by atoms with Gasteiger partial charge in [0, 0.05) is 32.1 Å². The quantitative estimate of drug-likeness (QED) is 0.698. The van der Waals surface area contributed by atoms with Crippen LogP contribution in [0.15, 0.2) is 28.0 Å². The molecule has 0 atom stereocenters. The first-order valence-corrected chi connectivity index (χ1v) is 11.5. The smallest absolute Gasteiger partial charge is 0.177 e. The van der Waals surface area contributed by atoms with E-state index in [2.05, 4.69) is 10.2 Å². The van der Waals surface area contributed by atoms with E-state index in [-0.39, 0.29) is 9.79 Å². The molecule has 0 bridgehead atoms. The van der Waals surface area contributed by atoms with Crippen molar-refractivity contribution in [2.24, 2.45) is 0 Å². The van der Waals surface area contributed by atoms with Gasteiger partial charge in [-0.05, 0) is 31.2 Å². The average molecular weight is 377 g/mol. The van der Waals surface area contributed by atoms with Gasteiger partial charge in [0.1, 0.15) is 0 Å². The Hall–Kier alpha value is -1.16. The van der Waals surface area contributed by atoms with Crippen LogP contribution >= 0.6 is 0 Å². The molecule has 0 saturated carbocycles. The van der Waals surface area contributed by atoms with Crippen LogP contribution in [0.5, 0.6) is 0 Å². The average Bonchev–Trinajstić information content (AvgIpc) is 2.50. The minimum absolute atomic E-state index is 0.00166. The second-order valence-corrected chi connectivity index (χ2v) is 9.94. The number of hydrogen-bond donors (Lipinski definition) is 1. The lowest BCUT2D eigenvalue weighted by molar-refractivity contribution is 0.0378. The van der Waals surface area contributed by atoms with Crippen LogP contribution in [0.2, 0.25) is 0 Å². The zero-order chi connectivity index (χ0) is 17.8. The molecule has 0 aliphatic carbocycles. The molecule has 1 aromatic carbocycles. The van der Waals surface area contributed by atoms with Gasteiger partial charge in [0.2, 0.25) is 0 Å². The van der Waals surface area contributed by atoms with Crippen molar-refractivity contribution in [2.75, 3.05) is 57.2 Å². The number of sulfone groups is 2. The Labute approximate surface area is 143 Å². The Morgan fingerprint density at radius 3 is 2.33 bits per heavy atom. The van der Waals surface area contributed by atoms with Gasteiger partial charge in [-0.2, -0.15) is 0 Å². The molecule has 1 heterocycles. The third-order valence-corrected chi connectivity index (χ3v) is 6.10. The Morgan fingerprint density at radius 2 is 1.75 bits per heavy atom. The third kappa shape index (κ3) is 5.44. The number of nitrogens with zero attached hydrogens (tertiary/aromatic N) is 1. The van der Waals surface area contributed by atoms with Crippen molar-refractivity contribution in [1.29, 1.82) is 0 Å². The Bertz CT molecular complexity index is 769. The lowest BCUT2D eigenvalue weighted by Gasteiger charge is -2.26. The predicted octanol–water partition coefficient (Wildman–Crippen LogP) is 0.628. The fourth-order valence-electron chi connectivity index (χ4n) is 2.54. The fourth-order valence-corrected chi connectivity index (χ4v) is 4.14. The van der Waals surface area contributed by atoms with Crippen LogP contribution in [0.1, 0.15) is 6.42 Å². The number of ether oxygens (including phenoxy) is 1. The van der Waals surface area contributed by atoms with Gasteiger partial charge in [-0.1, -0.05) is 0 Å². The van der Waals surface area contributed by atoms with Gasteiger partial charge in [-0.3, -0.25) is 4.90 Å². The Morgan fingerprint density at radius 1 is 1.08 bits per heavy atom. The number of rotatable bonds is 7. The molecule has 2 rings (SSSR count). The van der Waals surface area contributed by atoms with E-state index in [1.807, 2.05) is 0 Å².